The fraction of sp³-hybridized carbons (Fsp3) is 0. The molecule has 0 saturated heterocycles. The second kappa shape index (κ2) is 7.52. The summed E-state index contributed by atoms with van der Waals surface area (Å²) in [5, 5.41) is 1.35. The van der Waals surface area contributed by atoms with E-state index in [-0.39, 0.29) is 0 Å². The van der Waals surface area contributed by atoms with Crippen molar-refractivity contribution in [2.75, 3.05) is 0 Å². The molecule has 4 nitrogen and oxygen atoms in total. The summed E-state index contributed by atoms with van der Waals surface area (Å²) in [6, 6.07) is 26.8. The number of hydrogen-bond donors (Lipinski definition) is 0. The Hall–Kier alpha value is -3.60. The van der Waals surface area contributed by atoms with Gasteiger partial charge in [0.1, 0.15) is 11.0 Å². The lowest BCUT2D eigenvalue weighted by atomic mass is 10.1. The Bertz CT molecular complexity index is 1460. The molecule has 0 unspecified atom stereocenters. The molecular formula is C26H14Cl2N2O2. The number of oxazole rings is 2. The minimum atomic E-state index is 0.562. The summed E-state index contributed by atoms with van der Waals surface area (Å²) in [7, 11) is 0. The molecule has 2 aromatic heterocycles. The molecule has 32 heavy (non-hydrogen) atoms. The van der Waals surface area contributed by atoms with Crippen molar-refractivity contribution in [2.24, 2.45) is 0 Å². The van der Waals surface area contributed by atoms with Gasteiger partial charge in [-0.1, -0.05) is 35.3 Å². The van der Waals surface area contributed by atoms with E-state index in [1.807, 2.05) is 84.9 Å². The van der Waals surface area contributed by atoms with Crippen molar-refractivity contribution < 1.29 is 8.83 Å². The maximum Gasteiger partial charge on any atom is 0.227 e. The lowest BCUT2D eigenvalue weighted by Gasteiger charge is -2.00. The molecule has 6 heteroatoms. The Morgan fingerprint density at radius 1 is 0.469 bits per heavy atom. The van der Waals surface area contributed by atoms with Crippen molar-refractivity contribution in [3.05, 3.63) is 95.0 Å². The number of halogens is 2. The third-order valence-corrected chi connectivity index (χ3v) is 5.80. The summed E-state index contributed by atoms with van der Waals surface area (Å²) in [5.74, 6) is 1.12. The molecule has 6 aromatic rings. The van der Waals surface area contributed by atoms with Crippen LogP contribution in [0.3, 0.4) is 0 Å². The van der Waals surface area contributed by atoms with Gasteiger partial charge in [-0.2, -0.15) is 0 Å². The van der Waals surface area contributed by atoms with Gasteiger partial charge >= 0.3 is 0 Å². The number of aromatic nitrogens is 2. The molecule has 0 atom stereocenters. The molecule has 0 bridgehead atoms. The molecule has 0 fully saturated rings. The second-order valence-electron chi connectivity index (χ2n) is 7.42. The summed E-state index contributed by atoms with van der Waals surface area (Å²) >= 11 is 12.0. The maximum absolute atomic E-state index is 6.01. The Morgan fingerprint density at radius 3 is 1.25 bits per heavy atom. The van der Waals surface area contributed by atoms with Crippen LogP contribution in [0, 0.1) is 0 Å². The smallest absolute Gasteiger partial charge is 0.227 e. The van der Waals surface area contributed by atoms with Crippen LogP contribution in [0.5, 0.6) is 0 Å². The molecule has 0 aliphatic rings. The van der Waals surface area contributed by atoms with Crippen molar-refractivity contribution in [1.82, 2.24) is 9.97 Å². The molecule has 0 spiro atoms. The highest BCUT2D eigenvalue weighted by molar-refractivity contribution is 6.30. The molecule has 6 rings (SSSR count). The quantitative estimate of drug-likeness (QED) is 0.268. The number of nitrogens with zero attached hydrogens (tertiary/aromatic N) is 2. The fourth-order valence-corrected chi connectivity index (χ4v) is 3.89. The first-order chi connectivity index (χ1) is 15.6. The van der Waals surface area contributed by atoms with Crippen LogP contribution in [0.4, 0.5) is 0 Å². The van der Waals surface area contributed by atoms with Gasteiger partial charge in [-0.25, -0.2) is 9.97 Å². The van der Waals surface area contributed by atoms with Crippen LogP contribution in [0.15, 0.2) is 93.8 Å². The Labute approximate surface area is 193 Å². The van der Waals surface area contributed by atoms with Crippen LogP contribution in [0.2, 0.25) is 10.0 Å². The SMILES string of the molecule is Clc1ccc(-c2nc3ccc(-c4ccc5nc(-c6ccc(Cl)cc6)oc5c4)cc3o2)cc1. The normalized spacial score (nSPS) is 11.4. The van der Waals surface area contributed by atoms with Gasteiger partial charge in [0.15, 0.2) is 11.2 Å². The molecular weight excluding hydrogens is 443 g/mol. The summed E-state index contributed by atoms with van der Waals surface area (Å²) in [4.78, 5) is 9.19. The zero-order valence-electron chi connectivity index (χ0n) is 16.5. The van der Waals surface area contributed by atoms with E-state index in [4.69, 9.17) is 32.0 Å². The lowest BCUT2D eigenvalue weighted by Crippen LogP contribution is -1.78. The minimum Gasteiger partial charge on any atom is -0.436 e. The van der Waals surface area contributed by atoms with E-state index in [1.165, 1.54) is 0 Å². The summed E-state index contributed by atoms with van der Waals surface area (Å²) < 4.78 is 12.0. The topological polar surface area (TPSA) is 52.1 Å². The minimum absolute atomic E-state index is 0.562. The van der Waals surface area contributed by atoms with Crippen molar-refractivity contribution >= 4 is 45.4 Å². The summed E-state index contributed by atoms with van der Waals surface area (Å²) in [6.07, 6.45) is 0. The number of fused-ring (bicyclic) bond motifs is 2. The van der Waals surface area contributed by atoms with Crippen LogP contribution in [0.1, 0.15) is 0 Å². The Kier molecular flexibility index (Phi) is 4.49. The largest absolute Gasteiger partial charge is 0.436 e. The first kappa shape index (κ1) is 19.1. The first-order valence-electron chi connectivity index (χ1n) is 9.96. The predicted molar refractivity (Wildman–Crippen MR) is 128 cm³/mol. The Balaban J connectivity index is 1.37. The van der Waals surface area contributed by atoms with Gasteiger partial charge in [0.25, 0.3) is 0 Å². The molecule has 2 heterocycles. The van der Waals surface area contributed by atoms with Crippen LogP contribution >= 0.6 is 23.2 Å². The fourth-order valence-electron chi connectivity index (χ4n) is 3.64. The number of benzene rings is 4. The molecule has 0 radical (unpaired) electrons. The molecule has 0 aliphatic heterocycles. The van der Waals surface area contributed by atoms with E-state index in [0.29, 0.717) is 33.0 Å². The third-order valence-electron chi connectivity index (χ3n) is 5.29. The van der Waals surface area contributed by atoms with Crippen LogP contribution in [0.25, 0.3) is 56.2 Å². The molecule has 0 aliphatic carbocycles. The highest BCUT2D eigenvalue weighted by Crippen LogP contribution is 2.32. The predicted octanol–water partition coefficient (Wildman–Crippen LogP) is 8.28. The molecule has 0 saturated carbocycles. The second-order valence-corrected chi connectivity index (χ2v) is 8.29. The third kappa shape index (κ3) is 3.44. The summed E-state index contributed by atoms with van der Waals surface area (Å²) in [6.45, 7) is 0. The molecule has 154 valence electrons. The van der Waals surface area contributed by atoms with E-state index in [1.54, 1.807) is 0 Å². The van der Waals surface area contributed by atoms with E-state index in [2.05, 4.69) is 9.97 Å². The molecule has 4 aromatic carbocycles. The van der Waals surface area contributed by atoms with E-state index in [0.717, 1.165) is 33.3 Å². The van der Waals surface area contributed by atoms with Crippen molar-refractivity contribution in [3.63, 3.8) is 0 Å². The number of rotatable bonds is 3. The van der Waals surface area contributed by atoms with E-state index >= 15 is 0 Å². The van der Waals surface area contributed by atoms with E-state index < -0.39 is 0 Å². The van der Waals surface area contributed by atoms with Crippen molar-refractivity contribution in [2.45, 2.75) is 0 Å². The van der Waals surface area contributed by atoms with Gasteiger partial charge in [0, 0.05) is 21.2 Å². The number of hydrogen-bond acceptors (Lipinski definition) is 4. The van der Waals surface area contributed by atoms with Gasteiger partial charge in [0.2, 0.25) is 11.8 Å². The highest BCUT2D eigenvalue weighted by Gasteiger charge is 2.12. The van der Waals surface area contributed by atoms with Gasteiger partial charge < -0.3 is 8.83 Å². The van der Waals surface area contributed by atoms with Crippen molar-refractivity contribution in [1.29, 1.82) is 0 Å². The van der Waals surface area contributed by atoms with Gasteiger partial charge in [-0.3, -0.25) is 0 Å². The van der Waals surface area contributed by atoms with Gasteiger partial charge in [0.05, 0.1) is 0 Å². The molecule has 0 N–H and O–H groups in total. The van der Waals surface area contributed by atoms with Crippen LogP contribution in [-0.2, 0) is 0 Å². The zero-order chi connectivity index (χ0) is 21.7. The highest BCUT2D eigenvalue weighted by atomic mass is 35.5. The van der Waals surface area contributed by atoms with Gasteiger partial charge in [-0.15, -0.1) is 0 Å². The maximum atomic E-state index is 6.01. The van der Waals surface area contributed by atoms with E-state index in [9.17, 15) is 0 Å². The Morgan fingerprint density at radius 2 is 0.844 bits per heavy atom. The van der Waals surface area contributed by atoms with Crippen LogP contribution < -0.4 is 0 Å². The summed E-state index contributed by atoms with van der Waals surface area (Å²) in [5.41, 5.74) is 6.79. The zero-order valence-corrected chi connectivity index (χ0v) is 18.1. The first-order valence-corrected chi connectivity index (χ1v) is 10.7. The monoisotopic (exact) mass is 456 g/mol. The van der Waals surface area contributed by atoms with Crippen LogP contribution in [-0.4, -0.2) is 9.97 Å². The molecule has 0 amide bonds. The lowest BCUT2D eigenvalue weighted by molar-refractivity contribution is 0.619. The van der Waals surface area contributed by atoms with Gasteiger partial charge in [-0.05, 0) is 83.9 Å². The average Bonchev–Trinajstić information content (AvgIpc) is 3.43. The standard InChI is InChI=1S/C26H14Cl2N2O2/c27-19-7-1-15(2-8-19)25-29-21-11-5-17(13-23(21)31-25)18-6-12-22-24(14-18)32-26(30-22)16-3-9-20(28)10-4-16/h1-14H. The average molecular weight is 457 g/mol. The van der Waals surface area contributed by atoms with Crippen molar-refractivity contribution in [3.8, 4) is 34.0 Å².